The number of nitrogens with one attached hydrogen (secondary N) is 2. The van der Waals surface area contributed by atoms with Gasteiger partial charge in [0.1, 0.15) is 11.5 Å². The maximum absolute atomic E-state index is 12.0. The van der Waals surface area contributed by atoms with Gasteiger partial charge in [0.15, 0.2) is 11.6 Å². The van der Waals surface area contributed by atoms with Crippen LogP contribution in [0.1, 0.15) is 6.42 Å². The van der Waals surface area contributed by atoms with E-state index in [2.05, 4.69) is 20.8 Å². The van der Waals surface area contributed by atoms with Gasteiger partial charge in [-0.05, 0) is 36.4 Å². The third-order valence-electron chi connectivity index (χ3n) is 3.62. The van der Waals surface area contributed by atoms with Crippen LogP contribution in [0.4, 0.5) is 17.3 Å². The summed E-state index contributed by atoms with van der Waals surface area (Å²) in [5.41, 5.74) is 0.832. The molecular weight excluding hydrogens is 344 g/mol. The summed E-state index contributed by atoms with van der Waals surface area (Å²) in [6.07, 6.45) is 0.223. The van der Waals surface area contributed by atoms with E-state index in [9.17, 15) is 4.79 Å². The maximum Gasteiger partial charge on any atom is 0.229 e. The molecule has 0 bridgehead atoms. The Bertz CT molecular complexity index is 870. The van der Waals surface area contributed by atoms with Crippen molar-refractivity contribution in [3.8, 4) is 11.5 Å². The third kappa shape index (κ3) is 5.71. The van der Waals surface area contributed by atoms with Crippen LogP contribution in [0.25, 0.3) is 0 Å². The summed E-state index contributed by atoms with van der Waals surface area (Å²) in [4.78, 5) is 12.0. The summed E-state index contributed by atoms with van der Waals surface area (Å²) in [6, 6.07) is 20.3. The van der Waals surface area contributed by atoms with Crippen LogP contribution in [0.15, 0.2) is 66.7 Å². The van der Waals surface area contributed by atoms with E-state index < -0.39 is 0 Å². The Labute approximate surface area is 157 Å². The van der Waals surface area contributed by atoms with Crippen molar-refractivity contribution < 1.29 is 14.3 Å². The lowest BCUT2D eigenvalue weighted by atomic mass is 10.3. The topological polar surface area (TPSA) is 85.4 Å². The van der Waals surface area contributed by atoms with Gasteiger partial charge in [0, 0.05) is 11.8 Å². The zero-order chi connectivity index (χ0) is 18.9. The van der Waals surface area contributed by atoms with Crippen molar-refractivity contribution in [2.75, 3.05) is 24.4 Å². The number of para-hydroxylation sites is 1. The summed E-state index contributed by atoms with van der Waals surface area (Å²) in [5.74, 6) is 2.24. The minimum absolute atomic E-state index is 0.186. The van der Waals surface area contributed by atoms with E-state index in [1.807, 2.05) is 54.6 Å². The molecule has 0 saturated carbocycles. The molecule has 0 radical (unpaired) electrons. The van der Waals surface area contributed by atoms with Crippen molar-refractivity contribution >= 4 is 23.2 Å². The molecule has 27 heavy (non-hydrogen) atoms. The van der Waals surface area contributed by atoms with Crippen molar-refractivity contribution in [3.63, 3.8) is 0 Å². The Hall–Kier alpha value is -3.61. The van der Waals surface area contributed by atoms with Crippen LogP contribution in [-0.2, 0) is 4.79 Å². The molecule has 1 heterocycles. The average Bonchev–Trinajstić information content (AvgIpc) is 2.70. The number of carbonyl (C=O) groups is 1. The van der Waals surface area contributed by atoms with Crippen LogP contribution in [0.5, 0.6) is 11.5 Å². The van der Waals surface area contributed by atoms with Gasteiger partial charge in [-0.2, -0.15) is 0 Å². The van der Waals surface area contributed by atoms with Crippen molar-refractivity contribution in [2.45, 2.75) is 6.42 Å². The lowest BCUT2D eigenvalue weighted by Crippen LogP contribution is -2.16. The average molecular weight is 364 g/mol. The number of hydrogen-bond acceptors (Lipinski definition) is 6. The van der Waals surface area contributed by atoms with Crippen molar-refractivity contribution in [2.24, 2.45) is 0 Å². The highest BCUT2D eigenvalue weighted by molar-refractivity contribution is 5.89. The molecule has 3 rings (SSSR count). The molecule has 2 N–H and O–H groups in total. The van der Waals surface area contributed by atoms with Crippen LogP contribution >= 0.6 is 0 Å². The fourth-order valence-electron chi connectivity index (χ4n) is 2.30. The van der Waals surface area contributed by atoms with E-state index in [4.69, 9.17) is 9.47 Å². The van der Waals surface area contributed by atoms with Gasteiger partial charge in [-0.25, -0.2) is 0 Å². The fraction of sp³-hybridized carbons (Fsp3) is 0.150. The Balaban J connectivity index is 1.47. The van der Waals surface area contributed by atoms with Crippen molar-refractivity contribution in [3.05, 3.63) is 66.7 Å². The highest BCUT2D eigenvalue weighted by atomic mass is 16.5. The Morgan fingerprint density at radius 3 is 2.41 bits per heavy atom. The maximum atomic E-state index is 12.0. The van der Waals surface area contributed by atoms with Gasteiger partial charge in [0.25, 0.3) is 0 Å². The molecule has 0 aliphatic heterocycles. The molecule has 2 aromatic carbocycles. The van der Waals surface area contributed by atoms with Crippen LogP contribution in [0.3, 0.4) is 0 Å². The van der Waals surface area contributed by atoms with Gasteiger partial charge in [0.05, 0.1) is 20.1 Å². The normalized spacial score (nSPS) is 10.1. The molecule has 1 amide bonds. The Morgan fingerprint density at radius 1 is 0.926 bits per heavy atom. The van der Waals surface area contributed by atoms with Gasteiger partial charge < -0.3 is 20.1 Å². The van der Waals surface area contributed by atoms with Gasteiger partial charge in [-0.1, -0.05) is 24.3 Å². The summed E-state index contributed by atoms with van der Waals surface area (Å²) >= 11 is 0. The van der Waals surface area contributed by atoms with E-state index in [1.165, 1.54) is 0 Å². The molecular formula is C20H20N4O3. The predicted molar refractivity (Wildman–Crippen MR) is 103 cm³/mol. The highest BCUT2D eigenvalue weighted by Gasteiger charge is 2.05. The lowest BCUT2D eigenvalue weighted by Gasteiger charge is -2.08. The summed E-state index contributed by atoms with van der Waals surface area (Å²) < 4.78 is 10.7. The molecule has 0 atom stereocenters. The predicted octanol–water partition coefficient (Wildman–Crippen LogP) is 3.64. The molecule has 0 aliphatic rings. The molecule has 138 valence electrons. The minimum Gasteiger partial charge on any atom is -0.497 e. The standard InChI is InChI=1S/C20H20N4O3/c1-26-17-9-5-6-15(14-17)21-18-10-11-19(24-23-18)22-20(25)12-13-27-16-7-3-2-4-8-16/h2-11,14H,12-13H2,1H3,(H,21,23)(H,22,24,25). The van der Waals surface area contributed by atoms with Crippen molar-refractivity contribution in [1.82, 2.24) is 10.2 Å². The SMILES string of the molecule is COc1cccc(Nc2ccc(NC(=O)CCOc3ccccc3)nn2)c1. The number of benzene rings is 2. The molecule has 0 aliphatic carbocycles. The summed E-state index contributed by atoms with van der Waals surface area (Å²) in [6.45, 7) is 0.290. The zero-order valence-electron chi connectivity index (χ0n) is 14.9. The van der Waals surface area contributed by atoms with Gasteiger partial charge in [-0.15, -0.1) is 10.2 Å². The molecule has 3 aromatic rings. The first-order chi connectivity index (χ1) is 13.2. The van der Waals surface area contributed by atoms with E-state index in [1.54, 1.807) is 19.2 Å². The van der Waals surface area contributed by atoms with Crippen LogP contribution in [0, 0.1) is 0 Å². The van der Waals surface area contributed by atoms with E-state index in [0.717, 1.165) is 17.2 Å². The monoisotopic (exact) mass is 364 g/mol. The van der Waals surface area contributed by atoms with E-state index >= 15 is 0 Å². The number of amides is 1. The first kappa shape index (κ1) is 18.2. The summed E-state index contributed by atoms with van der Waals surface area (Å²) in [7, 11) is 1.61. The number of aromatic nitrogens is 2. The molecule has 0 spiro atoms. The molecule has 0 unspecified atom stereocenters. The lowest BCUT2D eigenvalue weighted by molar-refractivity contribution is -0.116. The smallest absolute Gasteiger partial charge is 0.229 e. The second kappa shape index (κ2) is 9.19. The van der Waals surface area contributed by atoms with Gasteiger partial charge >= 0.3 is 0 Å². The highest BCUT2D eigenvalue weighted by Crippen LogP contribution is 2.20. The molecule has 7 heteroatoms. The number of rotatable bonds is 8. The number of nitrogens with zero attached hydrogens (tertiary/aromatic N) is 2. The van der Waals surface area contributed by atoms with Crippen LogP contribution < -0.4 is 20.1 Å². The first-order valence-electron chi connectivity index (χ1n) is 8.45. The van der Waals surface area contributed by atoms with Crippen LogP contribution in [0.2, 0.25) is 0 Å². The largest absolute Gasteiger partial charge is 0.497 e. The molecule has 0 saturated heterocycles. The van der Waals surface area contributed by atoms with Gasteiger partial charge in [-0.3, -0.25) is 4.79 Å². The number of methoxy groups -OCH3 is 1. The van der Waals surface area contributed by atoms with Gasteiger partial charge in [0.2, 0.25) is 5.91 Å². The second-order valence-corrected chi connectivity index (χ2v) is 5.62. The minimum atomic E-state index is -0.186. The Kier molecular flexibility index (Phi) is 6.19. The quantitative estimate of drug-likeness (QED) is 0.635. The first-order valence-corrected chi connectivity index (χ1v) is 8.45. The Morgan fingerprint density at radius 2 is 1.67 bits per heavy atom. The van der Waals surface area contributed by atoms with E-state index in [-0.39, 0.29) is 12.3 Å². The number of anilines is 3. The fourth-order valence-corrected chi connectivity index (χ4v) is 2.30. The molecule has 0 fully saturated rings. The number of ether oxygens (including phenoxy) is 2. The molecule has 7 nitrogen and oxygen atoms in total. The zero-order valence-corrected chi connectivity index (χ0v) is 14.9. The van der Waals surface area contributed by atoms with Crippen molar-refractivity contribution in [1.29, 1.82) is 0 Å². The van der Waals surface area contributed by atoms with E-state index in [0.29, 0.717) is 18.2 Å². The van der Waals surface area contributed by atoms with Crippen LogP contribution in [-0.4, -0.2) is 29.8 Å². The number of hydrogen-bond donors (Lipinski definition) is 2. The second-order valence-electron chi connectivity index (χ2n) is 5.62. The molecule has 1 aromatic heterocycles. The number of carbonyl (C=O) groups excluding carboxylic acids is 1. The summed E-state index contributed by atoms with van der Waals surface area (Å²) in [5, 5.41) is 13.9. The third-order valence-corrected chi connectivity index (χ3v) is 3.62.